The number of carboxylic acids is 1. The summed E-state index contributed by atoms with van der Waals surface area (Å²) >= 11 is 0. The molecule has 0 aromatic carbocycles. The van der Waals surface area contributed by atoms with Crippen LogP contribution < -0.4 is 5.32 Å². The van der Waals surface area contributed by atoms with Crippen LogP contribution in [0, 0.1) is 0 Å². The number of carbonyl (C=O) groups is 2. The maximum atomic E-state index is 12.6. The van der Waals surface area contributed by atoms with Gasteiger partial charge in [0.05, 0.1) is 12.0 Å². The molecular formula is C15H27N3O3. The molecule has 1 atom stereocenters. The van der Waals surface area contributed by atoms with Gasteiger partial charge in [-0.3, -0.25) is 4.79 Å². The zero-order valence-electron chi connectivity index (χ0n) is 13.1. The Morgan fingerprint density at radius 1 is 1.29 bits per heavy atom. The minimum atomic E-state index is -0.830. The molecule has 2 aliphatic rings. The lowest BCUT2D eigenvalue weighted by molar-refractivity contribution is -0.138. The number of rotatable bonds is 5. The number of hydrogen-bond acceptors (Lipinski definition) is 3. The van der Waals surface area contributed by atoms with Gasteiger partial charge in [0.25, 0.3) is 0 Å². The van der Waals surface area contributed by atoms with Gasteiger partial charge >= 0.3 is 12.0 Å². The van der Waals surface area contributed by atoms with E-state index in [2.05, 4.69) is 10.2 Å². The molecule has 1 unspecified atom stereocenters. The van der Waals surface area contributed by atoms with Gasteiger partial charge in [0.15, 0.2) is 0 Å². The lowest BCUT2D eigenvalue weighted by Gasteiger charge is -2.34. The fourth-order valence-corrected chi connectivity index (χ4v) is 3.70. The molecule has 1 aliphatic carbocycles. The standard InChI is InChI=1S/C15H27N3O3/c1-17(2)11-12-6-5-9-18(12)14(21)16-15(10-13(19)20)7-3-4-8-15/h12H,3-11H2,1-2H3,(H,16,21)(H,19,20). The molecule has 1 aliphatic heterocycles. The van der Waals surface area contributed by atoms with E-state index in [-0.39, 0.29) is 18.5 Å². The molecule has 6 nitrogen and oxygen atoms in total. The van der Waals surface area contributed by atoms with Gasteiger partial charge in [0.2, 0.25) is 0 Å². The summed E-state index contributed by atoms with van der Waals surface area (Å²) < 4.78 is 0. The highest BCUT2D eigenvalue weighted by molar-refractivity contribution is 5.77. The van der Waals surface area contributed by atoms with Crippen molar-refractivity contribution in [3.05, 3.63) is 0 Å². The first-order valence-electron chi connectivity index (χ1n) is 7.87. The molecule has 6 heteroatoms. The second kappa shape index (κ2) is 6.64. The van der Waals surface area contributed by atoms with E-state index in [0.29, 0.717) is 0 Å². The smallest absolute Gasteiger partial charge is 0.318 e. The average Bonchev–Trinajstić information content (AvgIpc) is 2.97. The van der Waals surface area contributed by atoms with Crippen molar-refractivity contribution in [2.45, 2.75) is 56.5 Å². The van der Waals surface area contributed by atoms with Crippen molar-refractivity contribution in [1.82, 2.24) is 15.1 Å². The van der Waals surface area contributed by atoms with Gasteiger partial charge in [0, 0.05) is 19.1 Å². The molecule has 0 aromatic heterocycles. The van der Waals surface area contributed by atoms with Gasteiger partial charge in [0.1, 0.15) is 0 Å². The normalized spacial score (nSPS) is 24.5. The van der Waals surface area contributed by atoms with Crippen LogP contribution in [0.15, 0.2) is 0 Å². The van der Waals surface area contributed by atoms with Crippen LogP contribution in [0.4, 0.5) is 4.79 Å². The summed E-state index contributed by atoms with van der Waals surface area (Å²) in [5.41, 5.74) is -0.534. The Kier molecular flexibility index (Phi) is 5.08. The average molecular weight is 297 g/mol. The van der Waals surface area contributed by atoms with E-state index in [0.717, 1.165) is 51.6 Å². The van der Waals surface area contributed by atoms with E-state index < -0.39 is 11.5 Å². The van der Waals surface area contributed by atoms with Gasteiger partial charge in [-0.1, -0.05) is 12.8 Å². The maximum absolute atomic E-state index is 12.6. The number of carbonyl (C=O) groups excluding carboxylic acids is 1. The van der Waals surface area contributed by atoms with Gasteiger partial charge in [-0.15, -0.1) is 0 Å². The Labute approximate surface area is 126 Å². The molecule has 2 amide bonds. The molecule has 120 valence electrons. The third kappa shape index (κ3) is 4.09. The summed E-state index contributed by atoms with van der Waals surface area (Å²) in [5.74, 6) is -0.830. The Morgan fingerprint density at radius 2 is 1.95 bits per heavy atom. The summed E-state index contributed by atoms with van der Waals surface area (Å²) in [6.07, 6.45) is 5.62. The molecule has 0 radical (unpaired) electrons. The van der Waals surface area contributed by atoms with Crippen LogP contribution >= 0.6 is 0 Å². The first-order valence-corrected chi connectivity index (χ1v) is 7.87. The van der Waals surface area contributed by atoms with E-state index in [9.17, 15) is 9.59 Å². The number of likely N-dealkylation sites (tertiary alicyclic amines) is 1. The van der Waals surface area contributed by atoms with Crippen molar-refractivity contribution < 1.29 is 14.7 Å². The van der Waals surface area contributed by atoms with Crippen molar-refractivity contribution in [2.75, 3.05) is 27.2 Å². The Hall–Kier alpha value is -1.30. The van der Waals surface area contributed by atoms with Crippen LogP contribution in [0.2, 0.25) is 0 Å². The molecule has 2 rings (SSSR count). The number of nitrogens with one attached hydrogen (secondary N) is 1. The topological polar surface area (TPSA) is 72.9 Å². The lowest BCUT2D eigenvalue weighted by Crippen LogP contribution is -2.55. The van der Waals surface area contributed by atoms with Crippen molar-refractivity contribution in [1.29, 1.82) is 0 Å². The molecule has 0 bridgehead atoms. The largest absolute Gasteiger partial charge is 0.481 e. The zero-order valence-corrected chi connectivity index (χ0v) is 13.1. The monoisotopic (exact) mass is 297 g/mol. The summed E-state index contributed by atoms with van der Waals surface area (Å²) in [4.78, 5) is 27.7. The predicted octanol–water partition coefficient (Wildman–Crippen LogP) is 1.51. The van der Waals surface area contributed by atoms with Crippen LogP contribution in [-0.2, 0) is 4.79 Å². The summed E-state index contributed by atoms with van der Waals surface area (Å²) in [7, 11) is 4.02. The molecule has 1 saturated carbocycles. The highest BCUT2D eigenvalue weighted by Crippen LogP contribution is 2.33. The van der Waals surface area contributed by atoms with Crippen molar-refractivity contribution in [2.24, 2.45) is 0 Å². The van der Waals surface area contributed by atoms with Crippen LogP contribution in [0.5, 0.6) is 0 Å². The molecule has 1 saturated heterocycles. The molecule has 2 N–H and O–H groups in total. The second-order valence-corrected chi connectivity index (χ2v) is 6.74. The third-order valence-corrected chi connectivity index (χ3v) is 4.64. The fraction of sp³-hybridized carbons (Fsp3) is 0.867. The highest BCUT2D eigenvalue weighted by atomic mass is 16.4. The quantitative estimate of drug-likeness (QED) is 0.807. The van der Waals surface area contributed by atoms with Gasteiger partial charge < -0.3 is 20.2 Å². The van der Waals surface area contributed by atoms with Gasteiger partial charge in [-0.25, -0.2) is 4.79 Å². The summed E-state index contributed by atoms with van der Waals surface area (Å²) in [6.45, 7) is 1.63. The van der Waals surface area contributed by atoms with E-state index in [1.54, 1.807) is 0 Å². The second-order valence-electron chi connectivity index (χ2n) is 6.74. The molecule has 21 heavy (non-hydrogen) atoms. The van der Waals surface area contributed by atoms with Crippen molar-refractivity contribution in [3.8, 4) is 0 Å². The maximum Gasteiger partial charge on any atom is 0.318 e. The number of carboxylic acid groups (broad SMARTS) is 1. The van der Waals surface area contributed by atoms with Gasteiger partial charge in [-0.2, -0.15) is 0 Å². The van der Waals surface area contributed by atoms with Crippen LogP contribution in [0.3, 0.4) is 0 Å². The summed E-state index contributed by atoms with van der Waals surface area (Å²) in [6, 6.07) is 0.158. The number of aliphatic carboxylic acids is 1. The number of urea groups is 1. The number of amides is 2. The minimum Gasteiger partial charge on any atom is -0.481 e. The van der Waals surface area contributed by atoms with Crippen LogP contribution in [0.25, 0.3) is 0 Å². The molecule has 0 aromatic rings. The van der Waals surface area contributed by atoms with Crippen molar-refractivity contribution in [3.63, 3.8) is 0 Å². The number of likely N-dealkylation sites (N-methyl/N-ethyl adjacent to an activating group) is 1. The lowest BCUT2D eigenvalue weighted by atomic mass is 9.93. The summed E-state index contributed by atoms with van der Waals surface area (Å²) in [5, 5.41) is 12.2. The van der Waals surface area contributed by atoms with E-state index in [1.165, 1.54) is 0 Å². The zero-order chi connectivity index (χ0) is 15.5. The van der Waals surface area contributed by atoms with E-state index in [1.807, 2.05) is 19.0 Å². The Bertz CT molecular complexity index is 392. The fourth-order valence-electron chi connectivity index (χ4n) is 3.70. The van der Waals surface area contributed by atoms with Crippen LogP contribution in [-0.4, -0.2) is 65.7 Å². The SMILES string of the molecule is CN(C)CC1CCCN1C(=O)NC1(CC(=O)O)CCCC1. The highest BCUT2D eigenvalue weighted by Gasteiger charge is 2.40. The number of hydrogen-bond donors (Lipinski definition) is 2. The Balaban J connectivity index is 1.99. The van der Waals surface area contributed by atoms with E-state index >= 15 is 0 Å². The van der Waals surface area contributed by atoms with E-state index in [4.69, 9.17) is 5.11 Å². The predicted molar refractivity (Wildman–Crippen MR) is 80.3 cm³/mol. The van der Waals surface area contributed by atoms with Crippen molar-refractivity contribution >= 4 is 12.0 Å². The molecular weight excluding hydrogens is 270 g/mol. The van der Waals surface area contributed by atoms with Gasteiger partial charge in [-0.05, 0) is 39.8 Å². The minimum absolute atomic E-state index is 0.0327. The molecule has 2 fully saturated rings. The molecule has 0 spiro atoms. The Morgan fingerprint density at radius 3 is 2.52 bits per heavy atom. The van der Waals surface area contributed by atoms with Crippen LogP contribution in [0.1, 0.15) is 44.9 Å². The first-order chi connectivity index (χ1) is 9.92. The molecule has 1 heterocycles. The third-order valence-electron chi connectivity index (χ3n) is 4.64. The number of nitrogens with zero attached hydrogens (tertiary/aromatic N) is 2. The first kappa shape index (κ1) is 16.1.